The maximum atomic E-state index is 14.2. The predicted octanol–water partition coefficient (Wildman–Crippen LogP) is 2.45. The third kappa shape index (κ3) is 3.07. The van der Waals surface area contributed by atoms with Crippen molar-refractivity contribution in [2.24, 2.45) is 0 Å². The molecule has 2 aromatic rings. The molecule has 4 rings (SSSR count). The van der Waals surface area contributed by atoms with Gasteiger partial charge in [-0.2, -0.15) is 0 Å². The zero-order chi connectivity index (χ0) is 18.3. The highest BCUT2D eigenvalue weighted by Gasteiger charge is 2.34. The number of urea groups is 1. The van der Waals surface area contributed by atoms with Crippen molar-refractivity contribution in [3.05, 3.63) is 30.1 Å². The standard InChI is InChI=1S/C17H18FN5O2S/c1-10(15(24)22-9-8-19-16(22)25)26-17-21-20-14(23(17)11-6-7-11)12-4-2-3-5-13(12)18/h2-5,10-11H,6-9H2,1H3,(H,19,25). The number of rotatable bonds is 5. The smallest absolute Gasteiger partial charge is 0.324 e. The van der Waals surface area contributed by atoms with Crippen LogP contribution in [0.25, 0.3) is 11.4 Å². The summed E-state index contributed by atoms with van der Waals surface area (Å²) in [6, 6.07) is 6.32. The number of halogens is 1. The summed E-state index contributed by atoms with van der Waals surface area (Å²) in [7, 11) is 0. The fraction of sp³-hybridized carbons (Fsp3) is 0.412. The van der Waals surface area contributed by atoms with E-state index in [-0.39, 0.29) is 23.8 Å². The number of carbonyl (C=O) groups excluding carboxylic acids is 2. The molecule has 136 valence electrons. The number of hydrogen-bond donors (Lipinski definition) is 1. The van der Waals surface area contributed by atoms with E-state index in [0.717, 1.165) is 12.8 Å². The Bertz CT molecular complexity index is 867. The largest absolute Gasteiger partial charge is 0.336 e. The van der Waals surface area contributed by atoms with Crippen molar-refractivity contribution in [2.75, 3.05) is 13.1 Å². The molecule has 1 saturated carbocycles. The van der Waals surface area contributed by atoms with Gasteiger partial charge in [-0.3, -0.25) is 14.3 Å². The maximum Gasteiger partial charge on any atom is 0.324 e. The van der Waals surface area contributed by atoms with Crippen LogP contribution in [0.5, 0.6) is 0 Å². The van der Waals surface area contributed by atoms with E-state index in [1.165, 1.54) is 22.7 Å². The van der Waals surface area contributed by atoms with Crippen molar-refractivity contribution in [1.29, 1.82) is 0 Å². The second-order valence-electron chi connectivity index (χ2n) is 6.37. The first kappa shape index (κ1) is 17.0. The summed E-state index contributed by atoms with van der Waals surface area (Å²) in [4.78, 5) is 25.4. The van der Waals surface area contributed by atoms with Crippen LogP contribution in [0.4, 0.5) is 9.18 Å². The minimum absolute atomic E-state index is 0.222. The molecule has 1 saturated heterocycles. The third-order valence-corrected chi connectivity index (χ3v) is 5.49. The quantitative estimate of drug-likeness (QED) is 0.812. The Labute approximate surface area is 154 Å². The molecule has 3 amide bonds. The summed E-state index contributed by atoms with van der Waals surface area (Å²) < 4.78 is 16.1. The van der Waals surface area contributed by atoms with Gasteiger partial charge in [0.2, 0.25) is 5.91 Å². The van der Waals surface area contributed by atoms with Crippen molar-refractivity contribution >= 4 is 23.7 Å². The molecule has 1 atom stereocenters. The van der Waals surface area contributed by atoms with E-state index < -0.39 is 5.25 Å². The Morgan fingerprint density at radius 2 is 2.12 bits per heavy atom. The topological polar surface area (TPSA) is 80.1 Å². The third-order valence-electron chi connectivity index (χ3n) is 4.44. The molecular formula is C17H18FN5O2S. The van der Waals surface area contributed by atoms with Gasteiger partial charge in [-0.25, -0.2) is 9.18 Å². The van der Waals surface area contributed by atoms with Crippen molar-refractivity contribution < 1.29 is 14.0 Å². The average molecular weight is 375 g/mol. The van der Waals surface area contributed by atoms with Crippen LogP contribution in [0.15, 0.2) is 29.4 Å². The van der Waals surface area contributed by atoms with E-state index in [9.17, 15) is 14.0 Å². The van der Waals surface area contributed by atoms with E-state index in [0.29, 0.717) is 29.6 Å². The van der Waals surface area contributed by atoms with Crippen LogP contribution in [0.1, 0.15) is 25.8 Å². The normalized spacial score (nSPS) is 18.1. The van der Waals surface area contributed by atoms with Crippen LogP contribution in [-0.4, -0.2) is 49.9 Å². The molecule has 2 aliphatic rings. The molecule has 2 heterocycles. The summed E-state index contributed by atoms with van der Waals surface area (Å²) in [6.07, 6.45) is 1.95. The van der Waals surface area contributed by atoms with E-state index in [1.807, 2.05) is 4.57 Å². The zero-order valence-electron chi connectivity index (χ0n) is 14.2. The monoisotopic (exact) mass is 375 g/mol. The number of benzene rings is 1. The number of aromatic nitrogens is 3. The molecule has 7 nitrogen and oxygen atoms in total. The molecule has 1 aliphatic heterocycles. The lowest BCUT2D eigenvalue weighted by Crippen LogP contribution is -2.39. The van der Waals surface area contributed by atoms with Crippen molar-refractivity contribution in [3.63, 3.8) is 0 Å². The van der Waals surface area contributed by atoms with Crippen LogP contribution < -0.4 is 5.32 Å². The van der Waals surface area contributed by atoms with E-state index in [1.54, 1.807) is 25.1 Å². The van der Waals surface area contributed by atoms with Gasteiger partial charge in [-0.1, -0.05) is 23.9 Å². The van der Waals surface area contributed by atoms with Crippen LogP contribution in [0, 0.1) is 5.82 Å². The Hall–Kier alpha value is -2.42. The number of nitrogens with zero attached hydrogens (tertiary/aromatic N) is 4. The first-order valence-electron chi connectivity index (χ1n) is 8.52. The maximum absolute atomic E-state index is 14.2. The molecular weight excluding hydrogens is 357 g/mol. The lowest BCUT2D eigenvalue weighted by atomic mass is 10.2. The average Bonchev–Trinajstić information content (AvgIpc) is 3.25. The molecule has 1 unspecified atom stereocenters. The number of hydrogen-bond acceptors (Lipinski definition) is 5. The molecule has 1 aromatic carbocycles. The number of imide groups is 1. The van der Waals surface area contributed by atoms with Crippen LogP contribution in [-0.2, 0) is 4.79 Å². The summed E-state index contributed by atoms with van der Waals surface area (Å²) in [6.45, 7) is 2.59. The van der Waals surface area contributed by atoms with Gasteiger partial charge in [0.15, 0.2) is 11.0 Å². The molecule has 1 aliphatic carbocycles. The Kier molecular flexibility index (Phi) is 4.39. The van der Waals surface area contributed by atoms with Crippen molar-refractivity contribution in [2.45, 2.75) is 36.2 Å². The minimum Gasteiger partial charge on any atom is -0.336 e. The van der Waals surface area contributed by atoms with Gasteiger partial charge in [-0.05, 0) is 31.9 Å². The molecule has 9 heteroatoms. The molecule has 1 N–H and O–H groups in total. The Morgan fingerprint density at radius 1 is 1.35 bits per heavy atom. The second kappa shape index (κ2) is 6.71. The predicted molar refractivity (Wildman–Crippen MR) is 94.1 cm³/mol. The summed E-state index contributed by atoms with van der Waals surface area (Å²) in [5.41, 5.74) is 0.400. The summed E-state index contributed by atoms with van der Waals surface area (Å²) >= 11 is 1.25. The summed E-state index contributed by atoms with van der Waals surface area (Å²) in [5.74, 6) is -0.134. The first-order valence-corrected chi connectivity index (χ1v) is 9.40. The minimum atomic E-state index is -0.492. The number of nitrogens with one attached hydrogen (secondary N) is 1. The lowest BCUT2D eigenvalue weighted by molar-refractivity contribution is -0.126. The first-order chi connectivity index (χ1) is 12.6. The second-order valence-corrected chi connectivity index (χ2v) is 7.68. The van der Waals surface area contributed by atoms with Crippen LogP contribution in [0.2, 0.25) is 0 Å². The van der Waals surface area contributed by atoms with Gasteiger partial charge in [0.1, 0.15) is 5.82 Å². The highest BCUT2D eigenvalue weighted by molar-refractivity contribution is 8.00. The van der Waals surface area contributed by atoms with E-state index in [2.05, 4.69) is 15.5 Å². The van der Waals surface area contributed by atoms with Gasteiger partial charge in [-0.15, -0.1) is 10.2 Å². The summed E-state index contributed by atoms with van der Waals surface area (Å²) in [5, 5.41) is 11.1. The number of amides is 3. The van der Waals surface area contributed by atoms with E-state index >= 15 is 0 Å². The fourth-order valence-electron chi connectivity index (χ4n) is 2.96. The molecule has 0 spiro atoms. The molecule has 26 heavy (non-hydrogen) atoms. The number of carbonyl (C=O) groups is 2. The van der Waals surface area contributed by atoms with Crippen molar-refractivity contribution in [1.82, 2.24) is 25.0 Å². The molecule has 2 fully saturated rings. The van der Waals surface area contributed by atoms with Gasteiger partial charge in [0.05, 0.1) is 10.8 Å². The van der Waals surface area contributed by atoms with E-state index in [4.69, 9.17) is 0 Å². The fourth-order valence-corrected chi connectivity index (χ4v) is 3.94. The highest BCUT2D eigenvalue weighted by Crippen LogP contribution is 2.42. The Morgan fingerprint density at radius 3 is 2.77 bits per heavy atom. The SMILES string of the molecule is CC(Sc1nnc(-c2ccccc2F)n1C1CC1)C(=O)N1CCNC1=O. The van der Waals surface area contributed by atoms with Crippen molar-refractivity contribution in [3.8, 4) is 11.4 Å². The number of thioether (sulfide) groups is 1. The van der Waals surface area contributed by atoms with Gasteiger partial charge in [0.25, 0.3) is 0 Å². The lowest BCUT2D eigenvalue weighted by Gasteiger charge is -2.17. The van der Waals surface area contributed by atoms with Gasteiger partial charge >= 0.3 is 6.03 Å². The molecule has 1 aromatic heterocycles. The zero-order valence-corrected chi connectivity index (χ0v) is 15.0. The van der Waals surface area contributed by atoms with Crippen LogP contribution in [0.3, 0.4) is 0 Å². The Balaban J connectivity index is 1.60. The van der Waals surface area contributed by atoms with Crippen LogP contribution >= 0.6 is 11.8 Å². The molecule has 0 radical (unpaired) electrons. The van der Waals surface area contributed by atoms with Gasteiger partial charge in [0, 0.05) is 19.1 Å². The highest BCUT2D eigenvalue weighted by atomic mass is 32.2. The molecule has 0 bridgehead atoms. The van der Waals surface area contributed by atoms with Gasteiger partial charge < -0.3 is 5.32 Å².